The summed E-state index contributed by atoms with van der Waals surface area (Å²) in [5.74, 6) is 0.175. The molecular weight excluding hydrogens is 362 g/mol. The maximum absolute atomic E-state index is 12.3. The van der Waals surface area contributed by atoms with E-state index in [4.69, 9.17) is 9.47 Å². The number of ether oxygens (including phenoxy) is 2. The van der Waals surface area contributed by atoms with Crippen LogP contribution in [0.25, 0.3) is 0 Å². The number of hydrogen-bond acceptors (Lipinski definition) is 4. The van der Waals surface area contributed by atoms with Crippen LogP contribution in [0, 0.1) is 0 Å². The molecule has 23 heavy (non-hydrogen) atoms. The fourth-order valence-electron chi connectivity index (χ4n) is 1.91. The molecule has 0 saturated carbocycles. The molecule has 6 heteroatoms. The summed E-state index contributed by atoms with van der Waals surface area (Å²) in [6.07, 6.45) is 0. The lowest BCUT2D eigenvalue weighted by Gasteiger charge is -2.11. The average molecular weight is 378 g/mol. The minimum absolute atomic E-state index is 0.162. The highest BCUT2D eigenvalue weighted by Gasteiger charge is 2.15. The lowest BCUT2D eigenvalue weighted by molar-refractivity contribution is -0.114. The molecule has 0 radical (unpaired) electrons. The minimum atomic E-state index is -0.512. The highest BCUT2D eigenvalue weighted by atomic mass is 79.9. The van der Waals surface area contributed by atoms with E-state index < -0.39 is 5.97 Å². The van der Waals surface area contributed by atoms with Gasteiger partial charge in [0.25, 0.3) is 0 Å². The van der Waals surface area contributed by atoms with E-state index in [-0.39, 0.29) is 5.91 Å². The number of carbonyl (C=O) groups is 2. The van der Waals surface area contributed by atoms with E-state index in [0.717, 1.165) is 4.47 Å². The zero-order chi connectivity index (χ0) is 16.8. The Morgan fingerprint density at radius 3 is 2.43 bits per heavy atom. The highest BCUT2D eigenvalue weighted by molar-refractivity contribution is 9.10. The van der Waals surface area contributed by atoms with Crippen LogP contribution in [0.15, 0.2) is 46.9 Å². The van der Waals surface area contributed by atoms with Gasteiger partial charge in [-0.05, 0) is 49.4 Å². The Bertz CT molecular complexity index is 713. The number of esters is 1. The van der Waals surface area contributed by atoms with E-state index in [9.17, 15) is 9.59 Å². The summed E-state index contributed by atoms with van der Waals surface area (Å²) in [5, 5.41) is 2.64. The summed E-state index contributed by atoms with van der Waals surface area (Å²) < 4.78 is 11.6. The summed E-state index contributed by atoms with van der Waals surface area (Å²) in [6.45, 7) is 3.72. The molecule has 0 bridgehead atoms. The number of amides is 1. The van der Waals surface area contributed by atoms with E-state index in [1.165, 1.54) is 6.92 Å². The van der Waals surface area contributed by atoms with Crippen LogP contribution in [0.2, 0.25) is 0 Å². The highest BCUT2D eigenvalue weighted by Crippen LogP contribution is 2.25. The molecule has 0 atom stereocenters. The van der Waals surface area contributed by atoms with Gasteiger partial charge in [-0.25, -0.2) is 4.79 Å². The summed E-state index contributed by atoms with van der Waals surface area (Å²) in [7, 11) is 0. The minimum Gasteiger partial charge on any atom is -0.493 e. The molecule has 120 valence electrons. The number of carbonyl (C=O) groups excluding carboxylic acids is 2. The van der Waals surface area contributed by atoms with E-state index in [1.807, 2.05) is 6.92 Å². The molecular formula is C17H16BrNO4. The Morgan fingerprint density at radius 2 is 1.83 bits per heavy atom. The van der Waals surface area contributed by atoms with Gasteiger partial charge in [0.15, 0.2) is 0 Å². The van der Waals surface area contributed by atoms with Crippen molar-refractivity contribution in [2.75, 3.05) is 11.9 Å². The first-order valence-electron chi connectivity index (χ1n) is 7.01. The van der Waals surface area contributed by atoms with Gasteiger partial charge in [0.1, 0.15) is 17.1 Å². The second-order valence-corrected chi connectivity index (χ2v) is 5.58. The Morgan fingerprint density at radius 1 is 1.13 bits per heavy atom. The fourth-order valence-corrected chi connectivity index (χ4v) is 2.28. The fraction of sp³-hybridized carbons (Fsp3) is 0.176. The van der Waals surface area contributed by atoms with Crippen LogP contribution < -0.4 is 14.8 Å². The zero-order valence-corrected chi connectivity index (χ0v) is 14.3. The zero-order valence-electron chi connectivity index (χ0n) is 12.8. The third-order valence-electron chi connectivity index (χ3n) is 2.85. The molecule has 0 saturated heterocycles. The Hall–Kier alpha value is -2.34. The van der Waals surface area contributed by atoms with Crippen molar-refractivity contribution in [1.82, 2.24) is 0 Å². The van der Waals surface area contributed by atoms with Crippen molar-refractivity contribution >= 4 is 33.5 Å². The first-order chi connectivity index (χ1) is 11.0. The summed E-state index contributed by atoms with van der Waals surface area (Å²) in [5.41, 5.74) is 0.974. The van der Waals surface area contributed by atoms with E-state index >= 15 is 0 Å². The molecule has 0 aliphatic rings. The number of benzene rings is 2. The van der Waals surface area contributed by atoms with Crippen molar-refractivity contribution in [1.29, 1.82) is 0 Å². The Kier molecular flexibility index (Phi) is 5.76. The molecule has 2 aromatic carbocycles. The number of nitrogens with one attached hydrogen (secondary N) is 1. The first kappa shape index (κ1) is 17.0. The topological polar surface area (TPSA) is 64.6 Å². The van der Waals surface area contributed by atoms with Gasteiger partial charge in [0, 0.05) is 17.1 Å². The van der Waals surface area contributed by atoms with Gasteiger partial charge < -0.3 is 14.8 Å². The summed E-state index contributed by atoms with van der Waals surface area (Å²) >= 11 is 3.33. The van der Waals surface area contributed by atoms with Gasteiger partial charge in [-0.1, -0.05) is 15.9 Å². The molecule has 2 aromatic rings. The smallest absolute Gasteiger partial charge is 0.347 e. The maximum Gasteiger partial charge on any atom is 0.347 e. The molecule has 0 spiro atoms. The molecule has 1 N–H and O–H groups in total. The summed E-state index contributed by atoms with van der Waals surface area (Å²) in [6, 6.07) is 11.7. The molecule has 0 aliphatic carbocycles. The number of rotatable bonds is 5. The molecule has 0 aromatic heterocycles. The Balaban J connectivity index is 2.15. The summed E-state index contributed by atoms with van der Waals surface area (Å²) in [4.78, 5) is 23.3. The van der Waals surface area contributed by atoms with Crippen molar-refractivity contribution in [2.24, 2.45) is 0 Å². The average Bonchev–Trinajstić information content (AvgIpc) is 2.50. The number of hydrogen-bond donors (Lipinski definition) is 1. The third kappa shape index (κ3) is 4.82. The van der Waals surface area contributed by atoms with Gasteiger partial charge in [-0.15, -0.1) is 0 Å². The van der Waals surface area contributed by atoms with Crippen molar-refractivity contribution in [3.05, 3.63) is 52.5 Å². The number of halogens is 1. The Labute approximate surface area is 142 Å². The quantitative estimate of drug-likeness (QED) is 0.631. The third-order valence-corrected chi connectivity index (χ3v) is 3.34. The molecule has 1 amide bonds. The van der Waals surface area contributed by atoms with Crippen molar-refractivity contribution in [3.63, 3.8) is 0 Å². The van der Waals surface area contributed by atoms with Crippen LogP contribution in [0.1, 0.15) is 24.2 Å². The van der Waals surface area contributed by atoms with Gasteiger partial charge >= 0.3 is 5.97 Å². The lowest BCUT2D eigenvalue weighted by Crippen LogP contribution is -2.11. The van der Waals surface area contributed by atoms with Gasteiger partial charge in [-0.2, -0.15) is 0 Å². The predicted octanol–water partition coefficient (Wildman–Crippen LogP) is 4.03. The van der Waals surface area contributed by atoms with Crippen LogP contribution in [0.5, 0.6) is 11.5 Å². The van der Waals surface area contributed by atoms with Crippen molar-refractivity contribution < 1.29 is 19.1 Å². The molecule has 0 heterocycles. The first-order valence-corrected chi connectivity index (χ1v) is 7.81. The molecule has 0 unspecified atom stereocenters. The monoisotopic (exact) mass is 377 g/mol. The SMILES string of the molecule is CCOc1ccc(Br)cc1C(=O)Oc1ccc(NC(C)=O)cc1. The van der Waals surface area contributed by atoms with Gasteiger partial charge in [-0.3, -0.25) is 4.79 Å². The largest absolute Gasteiger partial charge is 0.493 e. The van der Waals surface area contributed by atoms with Gasteiger partial charge in [0.2, 0.25) is 5.91 Å². The lowest BCUT2D eigenvalue weighted by atomic mass is 10.2. The van der Waals surface area contributed by atoms with Crippen LogP contribution in [-0.4, -0.2) is 18.5 Å². The maximum atomic E-state index is 12.3. The van der Waals surface area contributed by atoms with Crippen molar-refractivity contribution in [3.8, 4) is 11.5 Å². The normalized spacial score (nSPS) is 10.0. The standard InChI is InChI=1S/C17H16BrNO4/c1-3-22-16-9-4-12(18)10-15(16)17(21)23-14-7-5-13(6-8-14)19-11(2)20/h4-10H,3H2,1-2H3,(H,19,20). The molecule has 0 fully saturated rings. The molecule has 0 aliphatic heterocycles. The van der Waals surface area contributed by atoms with Crippen molar-refractivity contribution in [2.45, 2.75) is 13.8 Å². The van der Waals surface area contributed by atoms with Gasteiger partial charge in [0.05, 0.1) is 6.61 Å². The second-order valence-electron chi connectivity index (χ2n) is 4.67. The van der Waals surface area contributed by atoms with Crippen LogP contribution in [0.4, 0.5) is 5.69 Å². The van der Waals surface area contributed by atoms with E-state index in [1.54, 1.807) is 42.5 Å². The molecule has 5 nitrogen and oxygen atoms in total. The van der Waals surface area contributed by atoms with Crippen LogP contribution in [-0.2, 0) is 4.79 Å². The van der Waals surface area contributed by atoms with E-state index in [2.05, 4.69) is 21.2 Å². The predicted molar refractivity (Wildman–Crippen MR) is 91.0 cm³/mol. The second kappa shape index (κ2) is 7.78. The van der Waals surface area contributed by atoms with Crippen LogP contribution >= 0.6 is 15.9 Å². The van der Waals surface area contributed by atoms with E-state index in [0.29, 0.717) is 29.4 Å². The molecule has 2 rings (SSSR count). The van der Waals surface area contributed by atoms with Crippen LogP contribution in [0.3, 0.4) is 0 Å². The number of anilines is 1.